The van der Waals surface area contributed by atoms with Crippen LogP contribution in [0.1, 0.15) is 24.6 Å². The highest BCUT2D eigenvalue weighted by atomic mass is 16.6. The molecular weight excluding hydrogens is 256 g/mol. The van der Waals surface area contributed by atoms with Crippen LogP contribution in [0.15, 0.2) is 12.4 Å². The first-order chi connectivity index (χ1) is 9.69. The second-order valence-corrected chi connectivity index (χ2v) is 5.15. The molecule has 1 fully saturated rings. The van der Waals surface area contributed by atoms with Gasteiger partial charge < -0.3 is 14.7 Å². The van der Waals surface area contributed by atoms with E-state index in [1.54, 1.807) is 12.4 Å². The topological polar surface area (TPSA) is 61.7 Å². The molecule has 1 aliphatic rings. The molecule has 20 heavy (non-hydrogen) atoms. The number of nitrogens with zero attached hydrogens (tertiary/aromatic N) is 4. The normalized spacial score (nSPS) is 19.1. The van der Waals surface area contributed by atoms with Crippen molar-refractivity contribution >= 4 is 0 Å². The standard InChI is InChI=1S/C14H24N4O2/c1-3-12-10-16-13(11-15-12)14(19)20-9-8-18-6-4-17(2)5-7-18/h10-11,14,19H,3-9H2,1-2H3. The van der Waals surface area contributed by atoms with Gasteiger partial charge in [0.15, 0.2) is 6.29 Å². The van der Waals surface area contributed by atoms with E-state index in [9.17, 15) is 5.11 Å². The smallest absolute Gasteiger partial charge is 0.200 e. The van der Waals surface area contributed by atoms with Crippen molar-refractivity contribution in [2.75, 3.05) is 46.4 Å². The largest absolute Gasteiger partial charge is 0.363 e. The van der Waals surface area contributed by atoms with E-state index in [0.29, 0.717) is 12.3 Å². The Morgan fingerprint density at radius 3 is 2.60 bits per heavy atom. The Balaban J connectivity index is 1.70. The zero-order valence-corrected chi connectivity index (χ0v) is 12.3. The summed E-state index contributed by atoms with van der Waals surface area (Å²) in [7, 11) is 2.14. The van der Waals surface area contributed by atoms with Crippen molar-refractivity contribution < 1.29 is 9.84 Å². The van der Waals surface area contributed by atoms with Crippen LogP contribution in [0, 0.1) is 0 Å². The van der Waals surface area contributed by atoms with Crippen LogP contribution in [0.3, 0.4) is 0 Å². The third kappa shape index (κ3) is 4.49. The zero-order chi connectivity index (χ0) is 14.4. The number of likely N-dealkylation sites (N-methyl/N-ethyl adjacent to an activating group) is 1. The highest BCUT2D eigenvalue weighted by Gasteiger charge is 2.15. The average molecular weight is 280 g/mol. The molecule has 0 saturated carbocycles. The van der Waals surface area contributed by atoms with Crippen molar-refractivity contribution in [3.63, 3.8) is 0 Å². The van der Waals surface area contributed by atoms with Crippen LogP contribution in [-0.2, 0) is 11.2 Å². The summed E-state index contributed by atoms with van der Waals surface area (Å²) in [6.45, 7) is 7.65. The molecule has 2 heterocycles. The lowest BCUT2D eigenvalue weighted by Gasteiger charge is -2.32. The summed E-state index contributed by atoms with van der Waals surface area (Å²) in [4.78, 5) is 13.0. The van der Waals surface area contributed by atoms with E-state index in [-0.39, 0.29) is 0 Å². The molecule has 0 spiro atoms. The average Bonchev–Trinajstić information content (AvgIpc) is 2.49. The summed E-state index contributed by atoms with van der Waals surface area (Å²) >= 11 is 0. The molecule has 1 N–H and O–H groups in total. The predicted octanol–water partition coefficient (Wildman–Crippen LogP) is 0.294. The van der Waals surface area contributed by atoms with Crippen LogP contribution >= 0.6 is 0 Å². The van der Waals surface area contributed by atoms with Gasteiger partial charge in [0, 0.05) is 38.9 Å². The first-order valence-electron chi connectivity index (χ1n) is 7.20. The Labute approximate surface area is 120 Å². The van der Waals surface area contributed by atoms with Crippen molar-refractivity contribution in [3.8, 4) is 0 Å². The van der Waals surface area contributed by atoms with E-state index in [0.717, 1.165) is 44.8 Å². The molecule has 1 aromatic heterocycles. The van der Waals surface area contributed by atoms with Crippen molar-refractivity contribution in [1.82, 2.24) is 19.8 Å². The van der Waals surface area contributed by atoms with Crippen LogP contribution in [0.4, 0.5) is 0 Å². The van der Waals surface area contributed by atoms with Gasteiger partial charge in [-0.3, -0.25) is 14.9 Å². The van der Waals surface area contributed by atoms with Crippen LogP contribution < -0.4 is 0 Å². The predicted molar refractivity (Wildman–Crippen MR) is 76.3 cm³/mol. The van der Waals surface area contributed by atoms with Gasteiger partial charge in [-0.15, -0.1) is 0 Å². The number of aryl methyl sites for hydroxylation is 1. The molecule has 112 valence electrons. The molecule has 1 unspecified atom stereocenters. The summed E-state index contributed by atoms with van der Waals surface area (Å²) in [5, 5.41) is 9.90. The summed E-state index contributed by atoms with van der Waals surface area (Å²) < 4.78 is 5.43. The van der Waals surface area contributed by atoms with Gasteiger partial charge in [0.2, 0.25) is 0 Å². The number of aromatic nitrogens is 2. The minimum Gasteiger partial charge on any atom is -0.363 e. The lowest BCUT2D eigenvalue weighted by atomic mass is 10.3. The number of ether oxygens (including phenoxy) is 1. The van der Waals surface area contributed by atoms with Crippen LogP contribution in [-0.4, -0.2) is 71.3 Å². The molecule has 1 atom stereocenters. The number of aliphatic hydroxyl groups is 1. The molecule has 1 aromatic rings. The van der Waals surface area contributed by atoms with E-state index in [2.05, 4.69) is 26.8 Å². The molecule has 0 amide bonds. The quantitative estimate of drug-likeness (QED) is 0.756. The summed E-state index contributed by atoms with van der Waals surface area (Å²) in [6, 6.07) is 0. The van der Waals surface area contributed by atoms with Gasteiger partial charge >= 0.3 is 0 Å². The Morgan fingerprint density at radius 1 is 1.25 bits per heavy atom. The first-order valence-corrected chi connectivity index (χ1v) is 7.20. The summed E-state index contributed by atoms with van der Waals surface area (Å²) in [5.41, 5.74) is 1.39. The molecule has 0 aliphatic carbocycles. The Kier molecular flexibility index (Phi) is 5.85. The fourth-order valence-corrected chi connectivity index (χ4v) is 2.13. The minimum atomic E-state index is -0.985. The van der Waals surface area contributed by atoms with Crippen molar-refractivity contribution in [2.24, 2.45) is 0 Å². The highest BCUT2D eigenvalue weighted by molar-refractivity contribution is 5.03. The Hall–Kier alpha value is -1.08. The van der Waals surface area contributed by atoms with E-state index in [1.165, 1.54) is 0 Å². The third-order valence-electron chi connectivity index (χ3n) is 3.62. The summed E-state index contributed by atoms with van der Waals surface area (Å²) in [5.74, 6) is 0. The maximum atomic E-state index is 9.90. The van der Waals surface area contributed by atoms with Gasteiger partial charge in [0.1, 0.15) is 5.69 Å². The third-order valence-corrected chi connectivity index (χ3v) is 3.62. The van der Waals surface area contributed by atoms with Gasteiger partial charge in [-0.05, 0) is 13.5 Å². The molecular formula is C14H24N4O2. The number of aliphatic hydroxyl groups excluding tert-OH is 1. The van der Waals surface area contributed by atoms with E-state index >= 15 is 0 Å². The van der Waals surface area contributed by atoms with Gasteiger partial charge in [0.05, 0.1) is 18.5 Å². The summed E-state index contributed by atoms with van der Waals surface area (Å²) in [6.07, 6.45) is 3.12. The molecule has 6 nitrogen and oxygen atoms in total. The molecule has 0 bridgehead atoms. The highest BCUT2D eigenvalue weighted by Crippen LogP contribution is 2.10. The van der Waals surface area contributed by atoms with Gasteiger partial charge in [-0.2, -0.15) is 0 Å². The van der Waals surface area contributed by atoms with Crippen molar-refractivity contribution in [3.05, 3.63) is 23.8 Å². The maximum Gasteiger partial charge on any atom is 0.200 e. The lowest BCUT2D eigenvalue weighted by Crippen LogP contribution is -2.45. The number of hydrogen-bond donors (Lipinski definition) is 1. The van der Waals surface area contributed by atoms with Crippen molar-refractivity contribution in [2.45, 2.75) is 19.6 Å². The monoisotopic (exact) mass is 280 g/mol. The maximum absolute atomic E-state index is 9.90. The van der Waals surface area contributed by atoms with E-state index < -0.39 is 6.29 Å². The Bertz CT molecular complexity index is 391. The second kappa shape index (κ2) is 7.64. The van der Waals surface area contributed by atoms with E-state index in [1.807, 2.05) is 6.92 Å². The van der Waals surface area contributed by atoms with Gasteiger partial charge in [0.25, 0.3) is 0 Å². The van der Waals surface area contributed by atoms with Gasteiger partial charge in [-0.1, -0.05) is 6.92 Å². The van der Waals surface area contributed by atoms with Crippen molar-refractivity contribution in [1.29, 1.82) is 0 Å². The number of rotatable bonds is 6. The van der Waals surface area contributed by atoms with Gasteiger partial charge in [-0.25, -0.2) is 0 Å². The molecule has 0 aromatic carbocycles. The SMILES string of the molecule is CCc1cnc(C(O)OCCN2CCN(C)CC2)cn1. The molecule has 1 saturated heterocycles. The number of piperazine rings is 1. The minimum absolute atomic E-state index is 0.473. The fraction of sp³-hybridized carbons (Fsp3) is 0.714. The van der Waals surface area contributed by atoms with E-state index in [4.69, 9.17) is 4.74 Å². The Morgan fingerprint density at radius 2 is 2.00 bits per heavy atom. The first kappa shape index (κ1) is 15.3. The fourth-order valence-electron chi connectivity index (χ4n) is 2.13. The zero-order valence-electron chi connectivity index (χ0n) is 12.3. The second-order valence-electron chi connectivity index (χ2n) is 5.15. The molecule has 6 heteroatoms. The number of hydrogen-bond acceptors (Lipinski definition) is 6. The molecule has 1 aliphatic heterocycles. The van der Waals surface area contributed by atoms with Crippen LogP contribution in [0.5, 0.6) is 0 Å². The lowest BCUT2D eigenvalue weighted by molar-refractivity contribution is -0.110. The molecule has 0 radical (unpaired) electrons. The van der Waals surface area contributed by atoms with Crippen LogP contribution in [0.25, 0.3) is 0 Å². The van der Waals surface area contributed by atoms with Crippen LogP contribution in [0.2, 0.25) is 0 Å². The molecule has 2 rings (SSSR count).